The molecule has 0 amide bonds. The Morgan fingerprint density at radius 2 is 0.731 bits per heavy atom. The molecule has 0 aromatic heterocycles. The number of hydrogen-bond acceptors (Lipinski definition) is 3. The zero-order chi connectivity index (χ0) is 63.9. The van der Waals surface area contributed by atoms with Gasteiger partial charge in [-0.25, -0.2) is 0 Å². The van der Waals surface area contributed by atoms with Crippen LogP contribution in [0.15, 0.2) is 278 Å². The van der Waals surface area contributed by atoms with E-state index in [0.29, 0.717) is 0 Å². The first kappa shape index (κ1) is 61.0. The lowest BCUT2D eigenvalue weighted by atomic mass is 9.74. The van der Waals surface area contributed by atoms with E-state index in [-0.39, 0.29) is 21.7 Å². The average molecular weight is 1220 g/mol. The van der Waals surface area contributed by atoms with Crippen LogP contribution in [0, 0.1) is 0 Å². The topological polar surface area (TPSA) is 21.7 Å². The number of benzene rings is 10. The molecule has 0 saturated carbocycles. The third-order valence-electron chi connectivity index (χ3n) is 21.3. The van der Waals surface area contributed by atoms with Gasteiger partial charge in [-0.1, -0.05) is 221 Å². The van der Waals surface area contributed by atoms with Crippen molar-refractivity contribution in [1.29, 1.82) is 0 Å². The molecule has 464 valence electrons. The fourth-order valence-electron chi connectivity index (χ4n) is 16.7. The lowest BCUT2D eigenvalue weighted by Crippen LogP contribution is -2.34. The lowest BCUT2D eigenvalue weighted by Gasteiger charge is -2.29. The van der Waals surface area contributed by atoms with Crippen LogP contribution in [0.1, 0.15) is 112 Å². The van der Waals surface area contributed by atoms with Crippen molar-refractivity contribution in [2.45, 2.75) is 115 Å². The van der Waals surface area contributed by atoms with Gasteiger partial charge >= 0.3 is 0 Å². The molecule has 4 aliphatic rings. The Morgan fingerprint density at radius 1 is 0.376 bits per heavy atom. The first-order chi connectivity index (χ1) is 45.3. The Labute approximate surface area is 552 Å². The molecule has 14 rings (SSSR count). The molecule has 0 aliphatic carbocycles. The number of likely N-dealkylation sites (N-methyl/N-ethyl adjacent to an activating group) is 2. The third-order valence-corrected chi connectivity index (χ3v) is 21.3. The minimum atomic E-state index is -0.279. The fourth-order valence-corrected chi connectivity index (χ4v) is 16.7. The third kappa shape index (κ3) is 11.0. The number of nitrogens with zero attached hydrogens (tertiary/aromatic N) is 4. The molecule has 5 heteroatoms. The van der Waals surface area contributed by atoms with E-state index in [4.69, 9.17) is 4.74 Å². The van der Waals surface area contributed by atoms with Gasteiger partial charge in [0.25, 0.3) is 0 Å². The SMILES string of the molecule is CCCC[N+]1=C(/C=C/C=C2/N(C)c3ccc4ccccc4c3C2(C)Cc2ccccc2)C(C)(Cc2ccc(Oc3ccc(CC4(C)C(/C=C/C=C5/N(C)c6ccc7ccccc7c6C5(C)Cc5ccccc5)=[N+](CCCC)c5ccccc54)cc3)cc2)c2ccccc21. The number of para-hydroxylation sites is 2. The van der Waals surface area contributed by atoms with Crippen LogP contribution >= 0.6 is 0 Å². The number of allylic oxidation sites excluding steroid dienone is 8. The average Bonchev–Trinajstić information content (AvgIpc) is 1.61. The van der Waals surface area contributed by atoms with Crippen LogP contribution in [0.25, 0.3) is 21.5 Å². The van der Waals surface area contributed by atoms with Crippen LogP contribution in [0.5, 0.6) is 11.5 Å². The van der Waals surface area contributed by atoms with Crippen LogP contribution in [0.3, 0.4) is 0 Å². The second kappa shape index (κ2) is 25.1. The highest BCUT2D eigenvalue weighted by molar-refractivity contribution is 6.05. The number of ether oxygens (including phenoxy) is 1. The maximum atomic E-state index is 6.71. The number of rotatable bonds is 20. The van der Waals surface area contributed by atoms with Crippen molar-refractivity contribution in [3.8, 4) is 11.5 Å². The zero-order valence-electron chi connectivity index (χ0n) is 55.7. The van der Waals surface area contributed by atoms with Gasteiger partial charge in [-0.2, -0.15) is 9.15 Å². The molecule has 4 unspecified atom stereocenters. The minimum absolute atomic E-state index is 0.251. The van der Waals surface area contributed by atoms with Crippen molar-refractivity contribution < 1.29 is 13.9 Å². The molecular weight excluding hydrogens is 1130 g/mol. The van der Waals surface area contributed by atoms with E-state index in [0.717, 1.165) is 76.0 Å². The van der Waals surface area contributed by atoms with Gasteiger partial charge in [-0.05, 0) is 157 Å². The Bertz CT molecular complexity index is 4350. The standard InChI is InChI=1S/C88H88N4O/c1-9-11-57-91-75-39-25-23-37-73(75)85(3,81(91)43-27-41-79-87(5,61-63-29-15-13-16-30-63)83-71-35-21-19-33-67(71)49-55-77(83)89(79)7)59-65-45-51-69(52-46-65)93-70-53-47-66(48-54-70)60-86(4)74-38-24-26-40-76(74)92(58-12-10-2)82(86)44-28-42-80-88(6,62-64-31-17-14-18-32-64)84-72-36-22-20-34-68(72)50-56-78(84)90(80)8/h13-56H,9-12,57-62H2,1-8H3/q+2. The molecule has 0 saturated heterocycles. The van der Waals surface area contributed by atoms with E-state index in [1.54, 1.807) is 0 Å². The first-order valence-corrected chi connectivity index (χ1v) is 34.0. The van der Waals surface area contributed by atoms with E-state index in [2.05, 4.69) is 342 Å². The predicted octanol–water partition coefficient (Wildman–Crippen LogP) is 20.8. The van der Waals surface area contributed by atoms with Gasteiger partial charge in [0.2, 0.25) is 11.4 Å². The fraction of sp³-hybridized carbons (Fsp3) is 0.250. The molecule has 4 atom stereocenters. The van der Waals surface area contributed by atoms with Gasteiger partial charge in [0, 0.05) is 95.9 Å². The smallest absolute Gasteiger partial charge is 0.209 e. The number of anilines is 2. The van der Waals surface area contributed by atoms with Crippen LogP contribution in [0.4, 0.5) is 22.7 Å². The number of hydrogen-bond donors (Lipinski definition) is 0. The quantitative estimate of drug-likeness (QED) is 0.0710. The second-order valence-corrected chi connectivity index (χ2v) is 27.5. The molecule has 0 radical (unpaired) electrons. The molecule has 0 N–H and O–H groups in total. The van der Waals surface area contributed by atoms with Crippen LogP contribution in [-0.4, -0.2) is 47.8 Å². The number of fused-ring (bicyclic) bond motifs is 8. The highest BCUT2D eigenvalue weighted by atomic mass is 16.5. The van der Waals surface area contributed by atoms with Gasteiger partial charge in [0.05, 0.1) is 10.8 Å². The molecule has 93 heavy (non-hydrogen) atoms. The summed E-state index contributed by atoms with van der Waals surface area (Å²) in [5.74, 6) is 1.66. The van der Waals surface area contributed by atoms with E-state index in [1.807, 2.05) is 0 Å². The Balaban J connectivity index is 0.726. The van der Waals surface area contributed by atoms with E-state index in [1.165, 1.54) is 112 Å². The summed E-state index contributed by atoms with van der Waals surface area (Å²) in [4.78, 5) is 4.88. The summed E-state index contributed by atoms with van der Waals surface area (Å²) in [7, 11) is 4.51. The van der Waals surface area contributed by atoms with Crippen molar-refractivity contribution in [3.05, 3.63) is 323 Å². The van der Waals surface area contributed by atoms with Crippen molar-refractivity contribution in [1.82, 2.24) is 0 Å². The number of unbranched alkanes of at least 4 members (excludes halogenated alkanes) is 2. The molecule has 0 bridgehead atoms. The summed E-state index contributed by atoms with van der Waals surface area (Å²) >= 11 is 0. The summed E-state index contributed by atoms with van der Waals surface area (Å²) in [5, 5.41) is 5.22. The zero-order valence-corrected chi connectivity index (χ0v) is 55.7. The van der Waals surface area contributed by atoms with Crippen LogP contribution in [0.2, 0.25) is 0 Å². The Hall–Kier alpha value is -9.58. The highest BCUT2D eigenvalue weighted by Gasteiger charge is 2.50. The molecule has 5 nitrogen and oxygen atoms in total. The summed E-state index contributed by atoms with van der Waals surface area (Å²) in [6, 6.07) is 85.0. The molecule has 4 heterocycles. The molecular formula is C88H88N4O+2. The lowest BCUT2D eigenvalue weighted by molar-refractivity contribution is -0.438. The molecule has 10 aromatic carbocycles. The predicted molar refractivity (Wildman–Crippen MR) is 392 cm³/mol. The van der Waals surface area contributed by atoms with E-state index < -0.39 is 0 Å². The van der Waals surface area contributed by atoms with Gasteiger partial charge in [0.1, 0.15) is 24.6 Å². The summed E-state index contributed by atoms with van der Waals surface area (Å²) in [5.41, 5.74) is 20.2. The van der Waals surface area contributed by atoms with Crippen molar-refractivity contribution in [2.75, 3.05) is 37.0 Å². The van der Waals surface area contributed by atoms with Crippen molar-refractivity contribution in [3.63, 3.8) is 0 Å². The molecule has 0 fully saturated rings. The maximum Gasteiger partial charge on any atom is 0.209 e. The molecule has 0 spiro atoms. The first-order valence-electron chi connectivity index (χ1n) is 34.0. The van der Waals surface area contributed by atoms with Crippen molar-refractivity contribution in [2.24, 2.45) is 0 Å². The Morgan fingerprint density at radius 3 is 1.14 bits per heavy atom. The van der Waals surface area contributed by atoms with E-state index >= 15 is 0 Å². The molecule has 10 aromatic rings. The maximum absolute atomic E-state index is 6.71. The van der Waals surface area contributed by atoms with Crippen LogP contribution < -0.4 is 14.5 Å². The van der Waals surface area contributed by atoms with E-state index in [9.17, 15) is 0 Å². The minimum Gasteiger partial charge on any atom is -0.457 e. The molecule has 4 aliphatic heterocycles. The second-order valence-electron chi connectivity index (χ2n) is 27.5. The van der Waals surface area contributed by atoms with Gasteiger partial charge < -0.3 is 14.5 Å². The van der Waals surface area contributed by atoms with Gasteiger partial charge in [0.15, 0.2) is 11.4 Å². The Kier molecular flexibility index (Phi) is 16.5. The largest absolute Gasteiger partial charge is 0.457 e. The van der Waals surface area contributed by atoms with Gasteiger partial charge in [-0.15, -0.1) is 0 Å². The van der Waals surface area contributed by atoms with Crippen LogP contribution in [-0.2, 0) is 47.3 Å². The normalized spacial score (nSPS) is 21.5. The van der Waals surface area contributed by atoms with Crippen molar-refractivity contribution >= 4 is 55.7 Å². The summed E-state index contributed by atoms with van der Waals surface area (Å²) in [6.45, 7) is 16.4. The monoisotopic (exact) mass is 1220 g/mol. The van der Waals surface area contributed by atoms with Gasteiger partial charge in [-0.3, -0.25) is 0 Å². The highest BCUT2D eigenvalue weighted by Crippen LogP contribution is 2.54. The summed E-state index contributed by atoms with van der Waals surface area (Å²) in [6.07, 6.45) is 22.4. The summed E-state index contributed by atoms with van der Waals surface area (Å²) < 4.78 is 11.9.